The van der Waals surface area contributed by atoms with Gasteiger partial charge in [-0.3, -0.25) is 10.1 Å². The lowest BCUT2D eigenvalue weighted by molar-refractivity contribution is -0.384. The minimum Gasteiger partial charge on any atom is -0.258 e. The van der Waals surface area contributed by atoms with Gasteiger partial charge in [-0.15, -0.1) is 28.3 Å². The maximum Gasteiger partial charge on any atom is 0.269 e. The second-order valence-corrected chi connectivity index (χ2v) is 9.00. The molecule has 0 aliphatic carbocycles. The first-order valence-corrected chi connectivity index (χ1v) is 11.6. The molecule has 1 unspecified atom stereocenters. The van der Waals surface area contributed by atoms with Crippen molar-refractivity contribution < 1.29 is 4.92 Å². The number of hydrogen-bond donors (Lipinski definition) is 0. The van der Waals surface area contributed by atoms with Crippen molar-refractivity contribution in [2.45, 2.75) is 26.3 Å². The van der Waals surface area contributed by atoms with E-state index in [0.717, 1.165) is 38.8 Å². The molecule has 3 aromatic carbocycles. The van der Waals surface area contributed by atoms with Gasteiger partial charge in [0.2, 0.25) is 5.13 Å². The molecule has 1 aliphatic heterocycles. The number of anilines is 1. The number of nitrogens with zero attached hydrogens (tertiary/aromatic N) is 4. The fourth-order valence-electron chi connectivity index (χ4n) is 4.11. The first-order chi connectivity index (χ1) is 16.0. The quantitative estimate of drug-likeness (QED) is 0.199. The van der Waals surface area contributed by atoms with Gasteiger partial charge in [-0.2, -0.15) is 5.10 Å². The van der Waals surface area contributed by atoms with Gasteiger partial charge in [0.1, 0.15) is 0 Å². The van der Waals surface area contributed by atoms with E-state index < -0.39 is 0 Å². The van der Waals surface area contributed by atoms with Crippen molar-refractivity contribution in [1.82, 2.24) is 4.98 Å². The van der Waals surface area contributed by atoms with E-state index in [-0.39, 0.29) is 33.6 Å². The van der Waals surface area contributed by atoms with Crippen LogP contribution in [0.15, 0.2) is 83.3 Å². The van der Waals surface area contributed by atoms with Crippen molar-refractivity contribution in [3.63, 3.8) is 0 Å². The predicted octanol–water partition coefficient (Wildman–Crippen LogP) is 7.27. The van der Waals surface area contributed by atoms with Crippen LogP contribution < -0.4 is 5.01 Å². The number of thiazole rings is 1. The zero-order chi connectivity index (χ0) is 22.9. The number of non-ortho nitro benzene ring substituents is 1. The van der Waals surface area contributed by atoms with Gasteiger partial charge in [-0.05, 0) is 31.0 Å². The van der Waals surface area contributed by atoms with Gasteiger partial charge in [-0.25, -0.2) is 9.99 Å². The largest absolute Gasteiger partial charge is 0.269 e. The Balaban J connectivity index is 0.00000274. The van der Waals surface area contributed by atoms with E-state index in [1.807, 2.05) is 46.8 Å². The molecule has 0 fully saturated rings. The average molecular weight is 535 g/mol. The normalized spacial score (nSPS) is 15.1. The second-order valence-electron chi connectivity index (χ2n) is 8.16. The number of nitro benzene ring substituents is 1. The van der Waals surface area contributed by atoms with Gasteiger partial charge in [0.15, 0.2) is 0 Å². The fourth-order valence-corrected chi connectivity index (χ4v) is 4.95. The van der Waals surface area contributed by atoms with Crippen molar-refractivity contribution in [3.8, 4) is 11.3 Å². The van der Waals surface area contributed by atoms with Gasteiger partial charge in [0, 0.05) is 35.1 Å². The monoisotopic (exact) mass is 534 g/mol. The van der Waals surface area contributed by atoms with E-state index in [4.69, 9.17) is 10.1 Å². The summed E-state index contributed by atoms with van der Waals surface area (Å²) in [5.41, 5.74) is 7.26. The summed E-state index contributed by atoms with van der Waals surface area (Å²) in [5, 5.41) is 21.1. The minimum absolute atomic E-state index is 0. The Labute approximate surface area is 212 Å². The third kappa shape index (κ3) is 4.64. The Hall–Kier alpha value is -3.36. The highest BCUT2D eigenvalue weighted by molar-refractivity contribution is 8.93. The molecular weight excluding hydrogens is 512 g/mol. The van der Waals surface area contributed by atoms with E-state index in [2.05, 4.69) is 32.0 Å². The van der Waals surface area contributed by atoms with Crippen molar-refractivity contribution in [2.24, 2.45) is 5.10 Å². The second kappa shape index (κ2) is 9.87. The summed E-state index contributed by atoms with van der Waals surface area (Å²) in [6, 6.07) is 23.0. The van der Waals surface area contributed by atoms with Crippen molar-refractivity contribution in [2.75, 3.05) is 5.01 Å². The molecule has 0 spiro atoms. The summed E-state index contributed by atoms with van der Waals surface area (Å²) in [4.78, 5) is 15.9. The molecule has 1 aliphatic rings. The van der Waals surface area contributed by atoms with Gasteiger partial charge in [-0.1, -0.05) is 60.2 Å². The average Bonchev–Trinajstić information content (AvgIpc) is 3.49. The van der Waals surface area contributed by atoms with E-state index in [1.165, 1.54) is 23.0 Å². The SMILES string of the molecule is Br.Cc1ccc(C)c(C2=NN(c3nc(-c4ccccc4)cs3)C(c3cccc([N+](=O)[O-])c3)C2)c1. The van der Waals surface area contributed by atoms with Gasteiger partial charge < -0.3 is 0 Å². The highest BCUT2D eigenvalue weighted by atomic mass is 79.9. The van der Waals surface area contributed by atoms with Crippen LogP contribution in [0.2, 0.25) is 0 Å². The van der Waals surface area contributed by atoms with Gasteiger partial charge >= 0.3 is 0 Å². The number of benzene rings is 3. The number of aryl methyl sites for hydroxylation is 2. The van der Waals surface area contributed by atoms with Crippen molar-refractivity contribution in [3.05, 3.63) is 111 Å². The molecule has 4 aromatic rings. The summed E-state index contributed by atoms with van der Waals surface area (Å²) < 4.78 is 0. The topological polar surface area (TPSA) is 71.6 Å². The highest BCUT2D eigenvalue weighted by Crippen LogP contribution is 2.40. The van der Waals surface area contributed by atoms with Crippen LogP contribution in [0.4, 0.5) is 10.8 Å². The Bertz CT molecular complexity index is 1370. The molecule has 0 saturated heterocycles. The van der Waals surface area contributed by atoms with Gasteiger partial charge in [0.25, 0.3) is 5.69 Å². The highest BCUT2D eigenvalue weighted by Gasteiger charge is 2.33. The van der Waals surface area contributed by atoms with Crippen LogP contribution >= 0.6 is 28.3 Å². The van der Waals surface area contributed by atoms with E-state index in [9.17, 15) is 10.1 Å². The molecule has 1 aromatic heterocycles. The molecule has 5 rings (SSSR count). The van der Waals surface area contributed by atoms with Crippen LogP contribution in [0.1, 0.15) is 34.7 Å². The van der Waals surface area contributed by atoms with Crippen LogP contribution in [0.5, 0.6) is 0 Å². The van der Waals surface area contributed by atoms with Crippen molar-refractivity contribution >= 4 is 44.8 Å². The number of halogens is 1. The third-order valence-electron chi connectivity index (χ3n) is 5.84. The van der Waals surface area contributed by atoms with Crippen LogP contribution in [0.3, 0.4) is 0 Å². The van der Waals surface area contributed by atoms with Crippen molar-refractivity contribution in [1.29, 1.82) is 0 Å². The Morgan fingerprint density at radius 1 is 1.03 bits per heavy atom. The molecular formula is C26H23BrN4O2S. The predicted molar refractivity (Wildman–Crippen MR) is 143 cm³/mol. The number of nitro groups is 1. The van der Waals surface area contributed by atoms with E-state index >= 15 is 0 Å². The van der Waals surface area contributed by atoms with Crippen LogP contribution in [-0.2, 0) is 0 Å². The summed E-state index contributed by atoms with van der Waals surface area (Å²) in [6.07, 6.45) is 0.645. The number of aromatic nitrogens is 1. The van der Waals surface area contributed by atoms with Crippen LogP contribution in [0, 0.1) is 24.0 Å². The van der Waals surface area contributed by atoms with Crippen LogP contribution in [-0.4, -0.2) is 15.6 Å². The van der Waals surface area contributed by atoms with Crippen LogP contribution in [0.25, 0.3) is 11.3 Å². The Morgan fingerprint density at radius 2 is 1.82 bits per heavy atom. The first-order valence-electron chi connectivity index (χ1n) is 10.7. The standard InChI is InChI=1S/C26H22N4O2S.BrH/c1-17-11-12-18(2)22(13-17)23-15-25(20-9-6-10-21(14-20)30(31)32)29(28-23)26-27-24(16-33-26)19-7-4-3-5-8-19;/h3-14,16,25H,15H2,1-2H3;1H. The molecule has 0 N–H and O–H groups in total. The summed E-state index contributed by atoms with van der Waals surface area (Å²) in [6.45, 7) is 4.15. The lowest BCUT2D eigenvalue weighted by atomic mass is 9.95. The zero-order valence-electron chi connectivity index (χ0n) is 18.7. The number of hydrazone groups is 1. The molecule has 1 atom stereocenters. The smallest absolute Gasteiger partial charge is 0.258 e. The molecule has 2 heterocycles. The lowest BCUT2D eigenvalue weighted by Gasteiger charge is -2.21. The maximum atomic E-state index is 11.4. The Kier molecular flexibility index (Phi) is 6.90. The molecule has 0 radical (unpaired) electrons. The first kappa shape index (κ1) is 23.8. The molecule has 6 nitrogen and oxygen atoms in total. The Morgan fingerprint density at radius 3 is 2.59 bits per heavy atom. The number of rotatable bonds is 5. The molecule has 0 saturated carbocycles. The number of hydrogen-bond acceptors (Lipinski definition) is 6. The molecule has 172 valence electrons. The summed E-state index contributed by atoms with van der Waals surface area (Å²) in [7, 11) is 0. The lowest BCUT2D eigenvalue weighted by Crippen LogP contribution is -2.18. The maximum absolute atomic E-state index is 11.4. The molecule has 0 amide bonds. The van der Waals surface area contributed by atoms with E-state index in [1.54, 1.807) is 12.1 Å². The minimum atomic E-state index is -0.355. The molecule has 0 bridgehead atoms. The third-order valence-corrected chi connectivity index (χ3v) is 6.67. The zero-order valence-corrected chi connectivity index (χ0v) is 21.2. The van der Waals surface area contributed by atoms with Gasteiger partial charge in [0.05, 0.1) is 22.4 Å². The van der Waals surface area contributed by atoms with E-state index in [0.29, 0.717) is 6.42 Å². The summed E-state index contributed by atoms with van der Waals surface area (Å²) >= 11 is 1.53. The molecule has 34 heavy (non-hydrogen) atoms. The summed E-state index contributed by atoms with van der Waals surface area (Å²) in [5.74, 6) is 0. The molecule has 8 heteroatoms. The fraction of sp³-hybridized carbons (Fsp3) is 0.154.